The van der Waals surface area contributed by atoms with Crippen LogP contribution in [0.5, 0.6) is 11.5 Å². The SMILES string of the molecule is COc1ccc(N(CC(=O)N(Cc2ccc(Cl)cc2)[C@H](Cc2ccccc2)C(=O)NC2CCCCC2)S(C)(=O)=O)cc1OC. The van der Waals surface area contributed by atoms with Crippen LogP contribution in [0.2, 0.25) is 5.02 Å². The van der Waals surface area contributed by atoms with E-state index >= 15 is 0 Å². The summed E-state index contributed by atoms with van der Waals surface area (Å²) in [5.41, 5.74) is 1.87. The topological polar surface area (TPSA) is 105 Å². The molecule has 1 aliphatic rings. The van der Waals surface area contributed by atoms with E-state index in [1.807, 2.05) is 30.3 Å². The molecule has 0 saturated heterocycles. The second-order valence-electron chi connectivity index (χ2n) is 11.0. The van der Waals surface area contributed by atoms with Crippen molar-refractivity contribution < 1.29 is 27.5 Å². The van der Waals surface area contributed by atoms with Crippen LogP contribution >= 0.6 is 11.6 Å². The lowest BCUT2D eigenvalue weighted by molar-refractivity contribution is -0.140. The summed E-state index contributed by atoms with van der Waals surface area (Å²) in [5, 5.41) is 3.74. The van der Waals surface area contributed by atoms with Crippen molar-refractivity contribution in [2.24, 2.45) is 0 Å². The first-order chi connectivity index (χ1) is 21.1. The van der Waals surface area contributed by atoms with E-state index < -0.39 is 28.5 Å². The Hall–Kier alpha value is -3.76. The highest BCUT2D eigenvalue weighted by atomic mass is 35.5. The minimum Gasteiger partial charge on any atom is -0.493 e. The Balaban J connectivity index is 1.73. The first-order valence-corrected chi connectivity index (χ1v) is 16.9. The number of halogens is 1. The molecule has 3 aromatic rings. The summed E-state index contributed by atoms with van der Waals surface area (Å²) in [4.78, 5) is 29.8. The Morgan fingerprint density at radius 3 is 2.18 bits per heavy atom. The van der Waals surface area contributed by atoms with E-state index in [-0.39, 0.29) is 30.6 Å². The molecule has 9 nitrogen and oxygen atoms in total. The summed E-state index contributed by atoms with van der Waals surface area (Å²) >= 11 is 6.14. The molecule has 1 saturated carbocycles. The molecule has 0 unspecified atom stereocenters. The van der Waals surface area contributed by atoms with Crippen molar-refractivity contribution in [2.45, 2.75) is 57.2 Å². The van der Waals surface area contributed by atoms with Gasteiger partial charge in [-0.15, -0.1) is 0 Å². The highest BCUT2D eigenvalue weighted by molar-refractivity contribution is 7.92. The normalized spacial score (nSPS) is 14.4. The van der Waals surface area contributed by atoms with Gasteiger partial charge < -0.3 is 19.7 Å². The Labute approximate surface area is 265 Å². The zero-order valence-electron chi connectivity index (χ0n) is 25.4. The first kappa shape index (κ1) is 33.1. The van der Waals surface area contributed by atoms with Crippen LogP contribution in [0, 0.1) is 0 Å². The maximum atomic E-state index is 14.3. The van der Waals surface area contributed by atoms with Crippen LogP contribution in [0.4, 0.5) is 5.69 Å². The lowest BCUT2D eigenvalue weighted by atomic mass is 9.94. The molecule has 0 spiro atoms. The summed E-state index contributed by atoms with van der Waals surface area (Å²) in [5.74, 6) is -0.0550. The third kappa shape index (κ3) is 8.89. The van der Waals surface area contributed by atoms with Crippen molar-refractivity contribution in [1.29, 1.82) is 0 Å². The fourth-order valence-corrected chi connectivity index (χ4v) is 6.45. The molecule has 2 amide bonds. The minimum atomic E-state index is -3.93. The third-order valence-electron chi connectivity index (χ3n) is 7.82. The van der Waals surface area contributed by atoms with Crippen LogP contribution < -0.4 is 19.1 Å². The number of benzene rings is 3. The van der Waals surface area contributed by atoms with Gasteiger partial charge in [-0.2, -0.15) is 0 Å². The van der Waals surface area contributed by atoms with Gasteiger partial charge in [0.1, 0.15) is 12.6 Å². The van der Waals surface area contributed by atoms with Crippen molar-refractivity contribution >= 4 is 39.1 Å². The van der Waals surface area contributed by atoms with Gasteiger partial charge in [0.15, 0.2) is 11.5 Å². The van der Waals surface area contributed by atoms with Gasteiger partial charge in [0.05, 0.1) is 26.2 Å². The molecule has 0 bridgehead atoms. The fourth-order valence-electron chi connectivity index (χ4n) is 5.48. The number of methoxy groups -OCH3 is 2. The predicted octanol–water partition coefficient (Wildman–Crippen LogP) is 5.21. The number of anilines is 1. The van der Waals surface area contributed by atoms with E-state index in [0.29, 0.717) is 16.5 Å². The zero-order valence-corrected chi connectivity index (χ0v) is 26.9. The van der Waals surface area contributed by atoms with Crippen molar-refractivity contribution in [1.82, 2.24) is 10.2 Å². The standard InChI is InChI=1S/C33H40ClN3O6S/c1-42-30-19-18-28(21-31(30)43-2)37(44(3,40)41)23-32(38)36(22-25-14-16-26(34)17-15-25)29(20-24-10-6-4-7-11-24)33(39)35-27-12-8-5-9-13-27/h4,6-7,10-11,14-19,21,27,29H,5,8-9,12-13,20,22-23H2,1-3H3,(H,35,39)/t29-/m1/s1. The molecule has 4 rings (SSSR count). The number of hydrogen-bond acceptors (Lipinski definition) is 6. The van der Waals surface area contributed by atoms with Crippen molar-refractivity contribution in [3.63, 3.8) is 0 Å². The van der Waals surface area contributed by atoms with Gasteiger partial charge in [-0.1, -0.05) is 73.3 Å². The molecule has 1 atom stereocenters. The molecular formula is C33H40ClN3O6S. The monoisotopic (exact) mass is 641 g/mol. The molecule has 0 radical (unpaired) electrons. The predicted molar refractivity (Wildman–Crippen MR) is 173 cm³/mol. The van der Waals surface area contributed by atoms with E-state index in [1.165, 1.54) is 25.2 Å². The summed E-state index contributed by atoms with van der Waals surface area (Å²) in [6.07, 6.45) is 6.28. The highest BCUT2D eigenvalue weighted by Crippen LogP contribution is 2.32. The van der Waals surface area contributed by atoms with E-state index in [9.17, 15) is 18.0 Å². The first-order valence-electron chi connectivity index (χ1n) is 14.7. The van der Waals surface area contributed by atoms with Gasteiger partial charge in [0, 0.05) is 30.1 Å². The quantitative estimate of drug-likeness (QED) is 0.275. The average molecular weight is 642 g/mol. The van der Waals surface area contributed by atoms with Crippen LogP contribution in [0.3, 0.4) is 0 Å². The Morgan fingerprint density at radius 1 is 0.909 bits per heavy atom. The summed E-state index contributed by atoms with van der Waals surface area (Å²) < 4.78 is 37.9. The number of nitrogens with zero attached hydrogens (tertiary/aromatic N) is 2. The summed E-state index contributed by atoms with van der Waals surface area (Å²) in [6, 6.07) is 20.3. The van der Waals surface area contributed by atoms with Gasteiger partial charge in [0.2, 0.25) is 21.8 Å². The fraction of sp³-hybridized carbons (Fsp3) is 0.394. The molecular weight excluding hydrogens is 602 g/mol. The zero-order chi connectivity index (χ0) is 31.7. The lowest BCUT2D eigenvalue weighted by Crippen LogP contribution is -2.55. The number of carbonyl (C=O) groups is 2. The lowest BCUT2D eigenvalue weighted by Gasteiger charge is -2.35. The van der Waals surface area contributed by atoms with E-state index in [2.05, 4.69) is 5.32 Å². The summed E-state index contributed by atoms with van der Waals surface area (Å²) in [7, 11) is -0.995. The molecule has 0 heterocycles. The number of carbonyl (C=O) groups excluding carboxylic acids is 2. The van der Waals surface area contributed by atoms with Gasteiger partial charge in [-0.05, 0) is 48.2 Å². The van der Waals surface area contributed by atoms with E-state index in [0.717, 1.165) is 53.8 Å². The Morgan fingerprint density at radius 2 is 1.57 bits per heavy atom. The van der Waals surface area contributed by atoms with Crippen LogP contribution in [-0.4, -0.2) is 64.2 Å². The molecule has 0 aliphatic heterocycles. The van der Waals surface area contributed by atoms with Crippen LogP contribution in [-0.2, 0) is 32.6 Å². The molecule has 236 valence electrons. The number of amides is 2. The van der Waals surface area contributed by atoms with Crippen molar-refractivity contribution in [3.8, 4) is 11.5 Å². The number of ether oxygens (including phenoxy) is 2. The Kier molecular flexibility index (Phi) is 11.5. The molecule has 11 heteroatoms. The molecule has 1 aliphatic carbocycles. The maximum Gasteiger partial charge on any atom is 0.244 e. The largest absolute Gasteiger partial charge is 0.493 e. The van der Waals surface area contributed by atoms with Gasteiger partial charge in [-0.3, -0.25) is 13.9 Å². The van der Waals surface area contributed by atoms with Crippen LogP contribution in [0.15, 0.2) is 72.8 Å². The van der Waals surface area contributed by atoms with Crippen LogP contribution in [0.1, 0.15) is 43.2 Å². The van der Waals surface area contributed by atoms with Crippen molar-refractivity contribution in [2.75, 3.05) is 31.3 Å². The number of sulfonamides is 1. The average Bonchev–Trinajstić information content (AvgIpc) is 3.02. The highest BCUT2D eigenvalue weighted by Gasteiger charge is 2.34. The van der Waals surface area contributed by atoms with Gasteiger partial charge in [-0.25, -0.2) is 8.42 Å². The second-order valence-corrected chi connectivity index (χ2v) is 13.3. The number of rotatable bonds is 13. The second kappa shape index (κ2) is 15.3. The van der Waals surface area contributed by atoms with Gasteiger partial charge >= 0.3 is 0 Å². The smallest absolute Gasteiger partial charge is 0.244 e. The molecule has 44 heavy (non-hydrogen) atoms. The van der Waals surface area contributed by atoms with Crippen molar-refractivity contribution in [3.05, 3.63) is 88.9 Å². The Bertz CT molecular complexity index is 1510. The van der Waals surface area contributed by atoms with E-state index in [4.69, 9.17) is 21.1 Å². The van der Waals surface area contributed by atoms with Crippen LogP contribution in [0.25, 0.3) is 0 Å². The number of hydrogen-bond donors (Lipinski definition) is 1. The third-order valence-corrected chi connectivity index (χ3v) is 9.22. The molecule has 1 fully saturated rings. The van der Waals surface area contributed by atoms with Gasteiger partial charge in [0.25, 0.3) is 0 Å². The molecule has 3 aromatic carbocycles. The van der Waals surface area contributed by atoms with E-state index in [1.54, 1.807) is 36.4 Å². The minimum absolute atomic E-state index is 0.0290. The molecule has 1 N–H and O–H groups in total. The molecule has 0 aromatic heterocycles. The number of nitrogens with one attached hydrogen (secondary N) is 1. The summed E-state index contributed by atoms with van der Waals surface area (Å²) in [6.45, 7) is -0.445. The maximum absolute atomic E-state index is 14.3.